The van der Waals surface area contributed by atoms with Crippen molar-refractivity contribution >= 4 is 0 Å². The molecule has 0 aromatic rings. The first kappa shape index (κ1) is 13.1. The molecule has 20 heavy (non-hydrogen) atoms. The van der Waals surface area contributed by atoms with Gasteiger partial charge in [0.05, 0.1) is 12.2 Å². The molecule has 0 amide bonds. The average Bonchev–Trinajstić information content (AvgIpc) is 2.40. The van der Waals surface area contributed by atoms with Gasteiger partial charge in [0, 0.05) is 18.5 Å². The minimum Gasteiger partial charge on any atom is -0.393 e. The van der Waals surface area contributed by atoms with Crippen LogP contribution in [0.5, 0.6) is 0 Å². The van der Waals surface area contributed by atoms with Crippen molar-refractivity contribution < 1.29 is 5.11 Å². The van der Waals surface area contributed by atoms with Crippen LogP contribution in [0.2, 0.25) is 0 Å². The van der Waals surface area contributed by atoms with E-state index in [1.165, 1.54) is 38.5 Å². The third-order valence-corrected chi connectivity index (χ3v) is 6.65. The van der Waals surface area contributed by atoms with E-state index in [-0.39, 0.29) is 12.1 Å². The maximum Gasteiger partial charge on any atom is 0.103 e. The van der Waals surface area contributed by atoms with Crippen LogP contribution in [-0.4, -0.2) is 35.2 Å². The van der Waals surface area contributed by atoms with Crippen molar-refractivity contribution in [2.24, 2.45) is 23.2 Å². The predicted molar refractivity (Wildman–Crippen MR) is 76.8 cm³/mol. The molecule has 0 spiro atoms. The van der Waals surface area contributed by atoms with Gasteiger partial charge < -0.3 is 5.11 Å². The summed E-state index contributed by atoms with van der Waals surface area (Å²) in [6.07, 6.45) is 9.79. The van der Waals surface area contributed by atoms with Crippen LogP contribution in [0.25, 0.3) is 0 Å². The topological polar surface area (TPSA) is 47.3 Å². The van der Waals surface area contributed by atoms with E-state index in [1.807, 2.05) is 0 Å². The van der Waals surface area contributed by atoms with Gasteiger partial charge in [-0.05, 0) is 69.1 Å². The zero-order valence-corrected chi connectivity index (χ0v) is 12.3. The summed E-state index contributed by atoms with van der Waals surface area (Å²) >= 11 is 0. The van der Waals surface area contributed by atoms with Crippen LogP contribution in [-0.2, 0) is 0 Å². The molecule has 110 valence electrons. The summed E-state index contributed by atoms with van der Waals surface area (Å²) in [6, 6.07) is 2.80. The van der Waals surface area contributed by atoms with Crippen LogP contribution in [0, 0.1) is 34.5 Å². The van der Waals surface area contributed by atoms with E-state index in [1.54, 1.807) is 0 Å². The first-order chi connectivity index (χ1) is 9.68. The number of rotatable bonds is 2. The van der Waals surface area contributed by atoms with E-state index in [2.05, 4.69) is 11.0 Å². The second kappa shape index (κ2) is 4.71. The second-order valence-corrected chi connectivity index (χ2v) is 8.08. The molecule has 1 N–H and O–H groups in total. The Morgan fingerprint density at radius 2 is 1.50 bits per heavy atom. The normalized spacial score (nSPS) is 46.3. The number of nitrogens with zero attached hydrogens (tertiary/aromatic N) is 2. The Morgan fingerprint density at radius 1 is 1.00 bits per heavy atom. The van der Waals surface area contributed by atoms with Gasteiger partial charge in [-0.25, -0.2) is 0 Å². The number of likely N-dealkylation sites (tertiary alicyclic amines) is 1. The van der Waals surface area contributed by atoms with Gasteiger partial charge in [0.25, 0.3) is 0 Å². The summed E-state index contributed by atoms with van der Waals surface area (Å²) in [5.74, 6) is 2.73. The molecule has 4 aliphatic carbocycles. The SMILES string of the molecule is N#CC(N1CCC(O)CC1)C12CC3CC(CC(C3)C1)C2. The Bertz CT molecular complexity index is 384. The van der Waals surface area contributed by atoms with E-state index >= 15 is 0 Å². The van der Waals surface area contributed by atoms with Gasteiger partial charge in [0.1, 0.15) is 6.04 Å². The quantitative estimate of drug-likeness (QED) is 0.842. The number of hydrogen-bond acceptors (Lipinski definition) is 3. The highest BCUT2D eigenvalue weighted by Gasteiger charge is 2.55. The fourth-order valence-electron chi connectivity index (χ4n) is 6.26. The summed E-state index contributed by atoms with van der Waals surface area (Å²) in [5, 5.41) is 19.6. The molecular formula is C17H26N2O. The summed E-state index contributed by atoms with van der Waals surface area (Å²) < 4.78 is 0. The van der Waals surface area contributed by atoms with Crippen molar-refractivity contribution in [2.75, 3.05) is 13.1 Å². The number of nitriles is 1. The van der Waals surface area contributed by atoms with E-state index in [0.29, 0.717) is 5.41 Å². The highest BCUT2D eigenvalue weighted by atomic mass is 16.3. The zero-order chi connectivity index (χ0) is 13.7. The Balaban J connectivity index is 1.57. The van der Waals surface area contributed by atoms with Crippen molar-refractivity contribution in [3.63, 3.8) is 0 Å². The monoisotopic (exact) mass is 274 g/mol. The van der Waals surface area contributed by atoms with Crippen molar-refractivity contribution in [3.8, 4) is 6.07 Å². The summed E-state index contributed by atoms with van der Waals surface area (Å²) in [5.41, 5.74) is 0.297. The molecule has 0 aromatic carbocycles. The predicted octanol–water partition coefficient (Wildman–Crippen LogP) is 2.55. The first-order valence-corrected chi connectivity index (χ1v) is 8.50. The van der Waals surface area contributed by atoms with Gasteiger partial charge in [-0.3, -0.25) is 4.90 Å². The van der Waals surface area contributed by atoms with Crippen LogP contribution in [0.4, 0.5) is 0 Å². The van der Waals surface area contributed by atoms with Gasteiger partial charge in [-0.15, -0.1) is 0 Å². The van der Waals surface area contributed by atoms with Crippen LogP contribution in [0.1, 0.15) is 51.4 Å². The maximum atomic E-state index is 9.85. The number of aliphatic hydroxyl groups excluding tert-OH is 1. The Morgan fingerprint density at radius 3 is 1.95 bits per heavy atom. The molecule has 1 heterocycles. The van der Waals surface area contributed by atoms with Crippen molar-refractivity contribution in [1.82, 2.24) is 4.90 Å². The molecule has 1 aliphatic heterocycles. The molecule has 0 radical (unpaired) electrons. The van der Waals surface area contributed by atoms with E-state index < -0.39 is 0 Å². The van der Waals surface area contributed by atoms with Gasteiger partial charge in [0.2, 0.25) is 0 Å². The molecular weight excluding hydrogens is 248 g/mol. The van der Waals surface area contributed by atoms with Crippen LogP contribution in [0.3, 0.4) is 0 Å². The Labute approximate surface area is 122 Å². The molecule has 5 aliphatic rings. The highest BCUT2D eigenvalue weighted by Crippen LogP contribution is 2.62. The summed E-state index contributed by atoms with van der Waals surface area (Å²) in [4.78, 5) is 2.40. The first-order valence-electron chi connectivity index (χ1n) is 8.50. The number of aliphatic hydroxyl groups is 1. The number of piperidine rings is 1. The average molecular weight is 274 g/mol. The molecule has 3 heteroatoms. The minimum absolute atomic E-state index is 0.114. The maximum absolute atomic E-state index is 9.85. The van der Waals surface area contributed by atoms with Gasteiger partial charge >= 0.3 is 0 Å². The Hall–Kier alpha value is -0.590. The molecule has 3 nitrogen and oxygen atoms in total. The molecule has 0 aromatic heterocycles. The fourth-order valence-corrected chi connectivity index (χ4v) is 6.26. The van der Waals surface area contributed by atoms with Crippen molar-refractivity contribution in [2.45, 2.75) is 63.5 Å². The highest BCUT2D eigenvalue weighted by molar-refractivity contribution is 5.13. The molecule has 4 saturated carbocycles. The third kappa shape index (κ3) is 2.00. The molecule has 1 unspecified atom stereocenters. The van der Waals surface area contributed by atoms with E-state index in [9.17, 15) is 10.4 Å². The fraction of sp³-hybridized carbons (Fsp3) is 0.941. The third-order valence-electron chi connectivity index (χ3n) is 6.65. The molecule has 4 bridgehead atoms. The molecule has 1 atom stereocenters. The zero-order valence-electron chi connectivity index (χ0n) is 12.3. The van der Waals surface area contributed by atoms with E-state index in [4.69, 9.17) is 0 Å². The van der Waals surface area contributed by atoms with Crippen LogP contribution < -0.4 is 0 Å². The van der Waals surface area contributed by atoms with Gasteiger partial charge in [0.15, 0.2) is 0 Å². The van der Waals surface area contributed by atoms with Crippen LogP contribution >= 0.6 is 0 Å². The van der Waals surface area contributed by atoms with Crippen molar-refractivity contribution in [3.05, 3.63) is 0 Å². The molecule has 5 rings (SSSR count). The Kier molecular flexibility index (Phi) is 3.09. The smallest absolute Gasteiger partial charge is 0.103 e. The lowest BCUT2D eigenvalue weighted by Crippen LogP contribution is -2.57. The lowest BCUT2D eigenvalue weighted by atomic mass is 9.47. The lowest BCUT2D eigenvalue weighted by Gasteiger charge is -2.59. The van der Waals surface area contributed by atoms with Crippen LogP contribution in [0.15, 0.2) is 0 Å². The summed E-state index contributed by atoms with van der Waals surface area (Å²) in [6.45, 7) is 1.84. The van der Waals surface area contributed by atoms with Gasteiger partial charge in [-0.1, -0.05) is 0 Å². The van der Waals surface area contributed by atoms with Gasteiger partial charge in [-0.2, -0.15) is 5.26 Å². The lowest BCUT2D eigenvalue weighted by molar-refractivity contribution is -0.0935. The molecule has 5 fully saturated rings. The molecule has 1 saturated heterocycles. The van der Waals surface area contributed by atoms with Crippen molar-refractivity contribution in [1.29, 1.82) is 5.26 Å². The minimum atomic E-state index is -0.137. The summed E-state index contributed by atoms with van der Waals surface area (Å²) in [7, 11) is 0. The second-order valence-electron chi connectivity index (χ2n) is 8.08. The number of hydrogen-bond donors (Lipinski definition) is 1. The van der Waals surface area contributed by atoms with E-state index in [0.717, 1.165) is 43.7 Å². The largest absolute Gasteiger partial charge is 0.393 e. The standard InChI is InChI=1S/C17H26N2O/c18-11-16(19-3-1-15(20)2-4-19)17-8-12-5-13(9-17)7-14(6-12)10-17/h12-16,20H,1-10H2.